The van der Waals surface area contributed by atoms with Crippen molar-refractivity contribution in [2.24, 2.45) is 0 Å². The highest BCUT2D eigenvalue weighted by molar-refractivity contribution is 6.09. The molecule has 3 aromatic rings. The predicted octanol–water partition coefficient (Wildman–Crippen LogP) is 4.80. The Morgan fingerprint density at radius 3 is 2.29 bits per heavy atom. The number of rotatable bonds is 8. The summed E-state index contributed by atoms with van der Waals surface area (Å²) in [5.41, 5.74) is 3.65. The third kappa shape index (κ3) is 5.13. The lowest BCUT2D eigenvalue weighted by molar-refractivity contribution is -0.131. The average Bonchev–Trinajstić information content (AvgIpc) is 3.16. The molecule has 1 aliphatic rings. The summed E-state index contributed by atoms with van der Waals surface area (Å²) in [4.78, 5) is 42.3. The minimum Gasteiger partial charge on any atom is -0.497 e. The Morgan fingerprint density at radius 1 is 0.895 bits per heavy atom. The van der Waals surface area contributed by atoms with Crippen LogP contribution in [0.3, 0.4) is 0 Å². The number of hydrazine groups is 1. The van der Waals surface area contributed by atoms with Crippen molar-refractivity contribution in [3.8, 4) is 5.75 Å². The number of para-hydroxylation sites is 1. The van der Waals surface area contributed by atoms with E-state index >= 15 is 0 Å². The molecule has 0 bridgehead atoms. The van der Waals surface area contributed by atoms with Crippen LogP contribution >= 0.6 is 0 Å². The number of ether oxygens (including phenoxy) is 3. The first-order valence-corrected chi connectivity index (χ1v) is 12.4. The molecule has 0 aromatic heterocycles. The molecule has 9 nitrogen and oxygen atoms in total. The van der Waals surface area contributed by atoms with Gasteiger partial charge < -0.3 is 19.1 Å². The Morgan fingerprint density at radius 2 is 1.58 bits per heavy atom. The zero-order chi connectivity index (χ0) is 27.1. The molecule has 1 aliphatic heterocycles. The molecule has 0 aliphatic carbocycles. The third-order valence-electron chi connectivity index (χ3n) is 6.33. The SMILES string of the molecule is CCOC(=O)NN(C(=O)OCC)[C@]1(Cc2cccc(OC)c2)C(=O)N(Cc2ccccc2)c2ccccc21. The molecule has 1 N–H and O–H groups in total. The van der Waals surface area contributed by atoms with Gasteiger partial charge in [-0.3, -0.25) is 4.79 Å². The molecule has 0 saturated carbocycles. The summed E-state index contributed by atoms with van der Waals surface area (Å²) in [7, 11) is 1.56. The van der Waals surface area contributed by atoms with Crippen molar-refractivity contribution in [2.75, 3.05) is 25.2 Å². The molecule has 0 saturated heterocycles. The summed E-state index contributed by atoms with van der Waals surface area (Å²) in [5, 5.41) is 0.972. The van der Waals surface area contributed by atoms with Gasteiger partial charge in [0.25, 0.3) is 5.91 Å². The Hall–Kier alpha value is -4.53. The van der Waals surface area contributed by atoms with Gasteiger partial charge in [-0.05, 0) is 43.2 Å². The lowest BCUT2D eigenvalue weighted by atomic mass is 9.84. The van der Waals surface area contributed by atoms with Crippen LogP contribution in [0.4, 0.5) is 15.3 Å². The number of hydrogen-bond donors (Lipinski definition) is 1. The van der Waals surface area contributed by atoms with Gasteiger partial charge in [-0.2, -0.15) is 5.01 Å². The van der Waals surface area contributed by atoms with Crippen LogP contribution in [0.2, 0.25) is 0 Å². The minimum atomic E-state index is -1.67. The van der Waals surface area contributed by atoms with Crippen molar-refractivity contribution in [3.63, 3.8) is 0 Å². The number of methoxy groups -OCH3 is 1. The highest BCUT2D eigenvalue weighted by Crippen LogP contribution is 2.46. The summed E-state index contributed by atoms with van der Waals surface area (Å²) in [5.74, 6) is 0.203. The fraction of sp³-hybridized carbons (Fsp3) is 0.276. The van der Waals surface area contributed by atoms with Crippen LogP contribution in [0.15, 0.2) is 78.9 Å². The monoisotopic (exact) mass is 517 g/mol. The second-order valence-electron chi connectivity index (χ2n) is 8.65. The summed E-state index contributed by atoms with van der Waals surface area (Å²) in [6.07, 6.45) is -1.72. The van der Waals surface area contributed by atoms with Crippen LogP contribution in [-0.2, 0) is 32.8 Å². The predicted molar refractivity (Wildman–Crippen MR) is 141 cm³/mol. The van der Waals surface area contributed by atoms with E-state index in [9.17, 15) is 14.4 Å². The first-order valence-electron chi connectivity index (χ1n) is 12.4. The summed E-state index contributed by atoms with van der Waals surface area (Å²) in [6, 6.07) is 24.1. The normalized spacial score (nSPS) is 16.0. The van der Waals surface area contributed by atoms with Gasteiger partial charge in [0.1, 0.15) is 5.75 Å². The van der Waals surface area contributed by atoms with E-state index in [1.165, 1.54) is 0 Å². The van der Waals surface area contributed by atoms with Crippen molar-refractivity contribution in [1.82, 2.24) is 10.4 Å². The standard InChI is InChI=1S/C29H31N3O6/c1-4-37-27(34)30-32(28(35)38-5-2)29(19-22-14-11-15-23(18-22)36-3)24-16-9-10-17-25(24)31(26(29)33)20-21-12-7-6-8-13-21/h6-18H,4-5,19-20H2,1-3H3,(H,30,34)/t29-/m0/s1. The van der Waals surface area contributed by atoms with Gasteiger partial charge in [0.05, 0.1) is 32.6 Å². The van der Waals surface area contributed by atoms with Crippen LogP contribution in [0, 0.1) is 0 Å². The number of nitrogens with one attached hydrogen (secondary N) is 1. The summed E-state index contributed by atoms with van der Waals surface area (Å²) < 4.78 is 15.8. The molecule has 0 fully saturated rings. The van der Waals surface area contributed by atoms with Crippen molar-refractivity contribution in [3.05, 3.63) is 95.6 Å². The molecular weight excluding hydrogens is 486 g/mol. The Balaban J connectivity index is 1.91. The van der Waals surface area contributed by atoms with Crippen LogP contribution in [0.1, 0.15) is 30.5 Å². The highest BCUT2D eigenvalue weighted by Gasteiger charge is 2.58. The maximum absolute atomic E-state index is 14.6. The van der Waals surface area contributed by atoms with E-state index in [0.29, 0.717) is 22.6 Å². The molecule has 38 heavy (non-hydrogen) atoms. The second kappa shape index (κ2) is 11.7. The largest absolute Gasteiger partial charge is 0.497 e. The van der Waals surface area contributed by atoms with Crippen LogP contribution in [-0.4, -0.2) is 43.4 Å². The number of fused-ring (bicyclic) bond motifs is 1. The maximum atomic E-state index is 14.6. The molecule has 0 unspecified atom stereocenters. The van der Waals surface area contributed by atoms with E-state index in [1.807, 2.05) is 54.6 Å². The number of amides is 3. The van der Waals surface area contributed by atoms with Gasteiger partial charge in [-0.25, -0.2) is 15.0 Å². The van der Waals surface area contributed by atoms with Crippen LogP contribution in [0.5, 0.6) is 5.75 Å². The number of carbonyl (C=O) groups is 3. The zero-order valence-electron chi connectivity index (χ0n) is 21.7. The number of anilines is 1. The van der Waals surface area contributed by atoms with E-state index in [-0.39, 0.29) is 26.2 Å². The Kier molecular flexibility index (Phi) is 8.15. The molecule has 198 valence electrons. The molecular formula is C29H31N3O6. The van der Waals surface area contributed by atoms with Gasteiger partial charge in [0, 0.05) is 12.0 Å². The second-order valence-corrected chi connectivity index (χ2v) is 8.65. The molecule has 1 heterocycles. The van der Waals surface area contributed by atoms with Crippen LogP contribution < -0.4 is 15.1 Å². The van der Waals surface area contributed by atoms with E-state index in [0.717, 1.165) is 10.6 Å². The number of nitrogens with zero attached hydrogens (tertiary/aromatic N) is 2. The van der Waals surface area contributed by atoms with E-state index in [2.05, 4.69) is 5.43 Å². The molecule has 0 spiro atoms. The van der Waals surface area contributed by atoms with E-state index in [4.69, 9.17) is 14.2 Å². The van der Waals surface area contributed by atoms with Gasteiger partial charge in [-0.15, -0.1) is 0 Å². The summed E-state index contributed by atoms with van der Waals surface area (Å²) in [6.45, 7) is 3.69. The average molecular weight is 518 g/mol. The fourth-order valence-electron chi connectivity index (χ4n) is 4.71. The fourth-order valence-corrected chi connectivity index (χ4v) is 4.71. The molecule has 3 aromatic carbocycles. The molecule has 1 atom stereocenters. The topological polar surface area (TPSA) is 97.4 Å². The molecule has 0 radical (unpaired) electrons. The smallest absolute Gasteiger partial charge is 0.430 e. The van der Waals surface area contributed by atoms with Crippen molar-refractivity contribution in [1.29, 1.82) is 0 Å². The zero-order valence-corrected chi connectivity index (χ0v) is 21.7. The molecule has 9 heteroatoms. The molecule has 4 rings (SSSR count). The third-order valence-corrected chi connectivity index (χ3v) is 6.33. The van der Waals surface area contributed by atoms with Gasteiger partial charge in [0.15, 0.2) is 5.54 Å². The van der Waals surface area contributed by atoms with E-state index in [1.54, 1.807) is 50.1 Å². The quantitative estimate of drug-likeness (QED) is 0.431. The van der Waals surface area contributed by atoms with Crippen molar-refractivity contribution < 1.29 is 28.6 Å². The van der Waals surface area contributed by atoms with Crippen molar-refractivity contribution in [2.45, 2.75) is 32.4 Å². The molecule has 3 amide bonds. The summed E-state index contributed by atoms with van der Waals surface area (Å²) >= 11 is 0. The first kappa shape index (κ1) is 26.5. The lowest BCUT2D eigenvalue weighted by Crippen LogP contribution is -2.63. The Bertz CT molecular complexity index is 1300. The van der Waals surface area contributed by atoms with Crippen molar-refractivity contribution >= 4 is 23.8 Å². The van der Waals surface area contributed by atoms with Crippen LogP contribution in [0.25, 0.3) is 0 Å². The van der Waals surface area contributed by atoms with E-state index < -0.39 is 23.6 Å². The minimum absolute atomic E-state index is 0.0382. The number of carbonyl (C=O) groups excluding carboxylic acids is 3. The van der Waals surface area contributed by atoms with Gasteiger partial charge >= 0.3 is 12.2 Å². The highest BCUT2D eigenvalue weighted by atomic mass is 16.6. The first-order chi connectivity index (χ1) is 18.4. The van der Waals surface area contributed by atoms with Gasteiger partial charge in [0.2, 0.25) is 0 Å². The number of benzene rings is 3. The van der Waals surface area contributed by atoms with Gasteiger partial charge in [-0.1, -0.05) is 60.7 Å². The maximum Gasteiger partial charge on any atom is 0.430 e. The lowest BCUT2D eigenvalue weighted by Gasteiger charge is -2.39. The number of hydrogen-bond acceptors (Lipinski definition) is 6. The Labute approximate surface area is 221 Å².